The van der Waals surface area contributed by atoms with Gasteiger partial charge in [0.15, 0.2) is 23.3 Å². The highest BCUT2D eigenvalue weighted by Gasteiger charge is 2.31. The fourth-order valence-corrected chi connectivity index (χ4v) is 2.20. The van der Waals surface area contributed by atoms with E-state index in [2.05, 4.69) is 0 Å². The van der Waals surface area contributed by atoms with E-state index in [1.54, 1.807) is 6.92 Å². The summed E-state index contributed by atoms with van der Waals surface area (Å²) in [5.74, 6) is -9.74. The second-order valence-corrected chi connectivity index (χ2v) is 4.96. The second kappa shape index (κ2) is 6.25. The average Bonchev–Trinajstić information content (AvgIpc) is 2.49. The van der Waals surface area contributed by atoms with Crippen LogP contribution >= 0.6 is 0 Å². The SMILES string of the molecule is CC1COC(CO)CN1Cc1c(F)c(F)c(F)c(F)c1F. The molecule has 2 rings (SSSR count). The van der Waals surface area contributed by atoms with Gasteiger partial charge in [-0.25, -0.2) is 22.0 Å². The summed E-state index contributed by atoms with van der Waals surface area (Å²) in [7, 11) is 0. The molecule has 1 fully saturated rings. The van der Waals surface area contributed by atoms with E-state index in [-0.39, 0.29) is 25.8 Å². The zero-order valence-electron chi connectivity index (χ0n) is 11.2. The van der Waals surface area contributed by atoms with E-state index in [0.29, 0.717) is 0 Å². The van der Waals surface area contributed by atoms with Gasteiger partial charge in [-0.05, 0) is 6.92 Å². The Bertz CT molecular complexity index is 511. The summed E-state index contributed by atoms with van der Waals surface area (Å²) in [5.41, 5.74) is -0.878. The van der Waals surface area contributed by atoms with E-state index in [1.807, 2.05) is 0 Å². The minimum absolute atomic E-state index is 0.136. The molecule has 21 heavy (non-hydrogen) atoms. The van der Waals surface area contributed by atoms with Crippen molar-refractivity contribution in [2.45, 2.75) is 25.6 Å². The van der Waals surface area contributed by atoms with E-state index in [0.717, 1.165) is 0 Å². The topological polar surface area (TPSA) is 32.7 Å². The van der Waals surface area contributed by atoms with Gasteiger partial charge in [-0.3, -0.25) is 4.90 Å². The molecule has 2 atom stereocenters. The van der Waals surface area contributed by atoms with Crippen LogP contribution < -0.4 is 0 Å². The maximum Gasteiger partial charge on any atom is 0.200 e. The van der Waals surface area contributed by atoms with Crippen LogP contribution in [0, 0.1) is 29.1 Å². The van der Waals surface area contributed by atoms with E-state index >= 15 is 0 Å². The lowest BCUT2D eigenvalue weighted by Crippen LogP contribution is -2.49. The molecule has 0 saturated carbocycles. The number of rotatable bonds is 3. The van der Waals surface area contributed by atoms with Gasteiger partial charge in [-0.1, -0.05) is 0 Å². The van der Waals surface area contributed by atoms with E-state index < -0.39 is 47.3 Å². The highest BCUT2D eigenvalue weighted by molar-refractivity contribution is 5.24. The molecule has 8 heteroatoms. The number of hydrogen-bond donors (Lipinski definition) is 1. The van der Waals surface area contributed by atoms with Gasteiger partial charge in [-0.15, -0.1) is 0 Å². The van der Waals surface area contributed by atoms with Crippen LogP contribution in [0.5, 0.6) is 0 Å². The number of ether oxygens (including phenoxy) is 1. The summed E-state index contributed by atoms with van der Waals surface area (Å²) in [5, 5.41) is 9.03. The van der Waals surface area contributed by atoms with Gasteiger partial charge in [0.2, 0.25) is 5.82 Å². The van der Waals surface area contributed by atoms with Crippen LogP contribution in [0.25, 0.3) is 0 Å². The van der Waals surface area contributed by atoms with Gasteiger partial charge in [0, 0.05) is 24.7 Å². The molecule has 0 bridgehead atoms. The average molecular weight is 311 g/mol. The van der Waals surface area contributed by atoms with Crippen LogP contribution in [0.2, 0.25) is 0 Å². The van der Waals surface area contributed by atoms with E-state index in [4.69, 9.17) is 9.84 Å². The van der Waals surface area contributed by atoms with E-state index in [1.165, 1.54) is 4.90 Å². The van der Waals surface area contributed by atoms with Crippen LogP contribution in [0.4, 0.5) is 22.0 Å². The quantitative estimate of drug-likeness (QED) is 0.526. The lowest BCUT2D eigenvalue weighted by atomic mass is 10.1. The van der Waals surface area contributed by atoms with Crippen molar-refractivity contribution in [3.05, 3.63) is 34.6 Å². The molecule has 1 heterocycles. The third-order valence-corrected chi connectivity index (χ3v) is 3.50. The Kier molecular flexibility index (Phi) is 4.80. The Hall–Kier alpha value is -1.25. The highest BCUT2D eigenvalue weighted by atomic mass is 19.2. The molecule has 2 unspecified atom stereocenters. The first-order valence-corrected chi connectivity index (χ1v) is 6.33. The monoisotopic (exact) mass is 311 g/mol. The summed E-state index contributed by atoms with van der Waals surface area (Å²) >= 11 is 0. The molecule has 1 aliphatic rings. The van der Waals surface area contributed by atoms with Crippen molar-refractivity contribution < 1.29 is 31.8 Å². The predicted molar refractivity (Wildman–Crippen MR) is 62.9 cm³/mol. The molecule has 0 aliphatic carbocycles. The Morgan fingerprint density at radius 1 is 1.05 bits per heavy atom. The summed E-state index contributed by atoms with van der Waals surface area (Å²) in [4.78, 5) is 1.50. The molecule has 1 aliphatic heterocycles. The number of aliphatic hydroxyl groups is 1. The summed E-state index contributed by atoms with van der Waals surface area (Å²) in [6, 6.07) is -0.275. The first kappa shape index (κ1) is 16.1. The molecule has 1 aromatic carbocycles. The van der Waals surface area contributed by atoms with Crippen LogP contribution in [0.15, 0.2) is 0 Å². The molecule has 1 aromatic rings. The fraction of sp³-hybridized carbons (Fsp3) is 0.538. The van der Waals surface area contributed by atoms with Crippen molar-refractivity contribution in [2.24, 2.45) is 0 Å². The highest BCUT2D eigenvalue weighted by Crippen LogP contribution is 2.25. The van der Waals surface area contributed by atoms with E-state index in [9.17, 15) is 22.0 Å². The number of aliphatic hydroxyl groups excluding tert-OH is 1. The number of benzene rings is 1. The minimum Gasteiger partial charge on any atom is -0.394 e. The van der Waals surface area contributed by atoms with Gasteiger partial charge in [0.05, 0.1) is 19.3 Å². The predicted octanol–water partition coefficient (Wildman–Crippen LogP) is 1.96. The number of morpholine rings is 1. The van der Waals surface area contributed by atoms with Crippen LogP contribution in [0.3, 0.4) is 0 Å². The number of halogens is 5. The standard InChI is InChI=1S/C13H14F5NO2/c1-6-5-21-7(4-20)2-19(6)3-8-9(14)11(16)13(18)12(17)10(8)15/h6-7,20H,2-5H2,1H3. The zero-order valence-corrected chi connectivity index (χ0v) is 11.2. The first-order valence-electron chi connectivity index (χ1n) is 6.33. The van der Waals surface area contributed by atoms with Gasteiger partial charge in [0.25, 0.3) is 0 Å². The molecule has 0 spiro atoms. The summed E-state index contributed by atoms with van der Waals surface area (Å²) < 4.78 is 71.8. The van der Waals surface area contributed by atoms with Crippen molar-refractivity contribution in [3.8, 4) is 0 Å². The van der Waals surface area contributed by atoms with Gasteiger partial charge in [-0.2, -0.15) is 0 Å². The Morgan fingerprint density at radius 2 is 1.57 bits per heavy atom. The number of nitrogens with zero attached hydrogens (tertiary/aromatic N) is 1. The first-order chi connectivity index (χ1) is 9.86. The molecule has 0 radical (unpaired) electrons. The van der Waals surface area contributed by atoms with Crippen LogP contribution in [0.1, 0.15) is 12.5 Å². The summed E-state index contributed by atoms with van der Waals surface area (Å²) in [6.45, 7) is 1.28. The Balaban J connectivity index is 2.31. The molecule has 1 saturated heterocycles. The number of hydrogen-bond acceptors (Lipinski definition) is 3. The van der Waals surface area contributed by atoms with Crippen molar-refractivity contribution in [2.75, 3.05) is 19.8 Å². The lowest BCUT2D eigenvalue weighted by Gasteiger charge is -2.37. The second-order valence-electron chi connectivity index (χ2n) is 4.96. The molecule has 118 valence electrons. The third-order valence-electron chi connectivity index (χ3n) is 3.50. The normalized spacial score (nSPS) is 23.6. The van der Waals surface area contributed by atoms with Crippen molar-refractivity contribution in [1.82, 2.24) is 4.90 Å². The molecular formula is C13H14F5NO2. The maximum atomic E-state index is 13.6. The Morgan fingerprint density at radius 3 is 2.10 bits per heavy atom. The van der Waals surface area contributed by atoms with Crippen molar-refractivity contribution in [3.63, 3.8) is 0 Å². The minimum atomic E-state index is -2.17. The lowest BCUT2D eigenvalue weighted by molar-refractivity contribution is -0.0811. The fourth-order valence-electron chi connectivity index (χ4n) is 2.20. The maximum absolute atomic E-state index is 13.6. The van der Waals surface area contributed by atoms with Crippen LogP contribution in [-0.2, 0) is 11.3 Å². The molecule has 3 nitrogen and oxygen atoms in total. The van der Waals surface area contributed by atoms with Crippen molar-refractivity contribution >= 4 is 0 Å². The largest absolute Gasteiger partial charge is 0.394 e. The molecule has 1 N–H and O–H groups in total. The van der Waals surface area contributed by atoms with Gasteiger partial charge in [0.1, 0.15) is 0 Å². The van der Waals surface area contributed by atoms with Crippen molar-refractivity contribution in [1.29, 1.82) is 0 Å². The smallest absolute Gasteiger partial charge is 0.200 e. The third kappa shape index (κ3) is 3.02. The molecule has 0 aromatic heterocycles. The van der Waals surface area contributed by atoms with Gasteiger partial charge >= 0.3 is 0 Å². The van der Waals surface area contributed by atoms with Gasteiger partial charge < -0.3 is 9.84 Å². The summed E-state index contributed by atoms with van der Waals surface area (Å²) in [6.07, 6.45) is -0.553. The molecular weight excluding hydrogens is 297 g/mol. The zero-order chi connectivity index (χ0) is 15.7. The Labute approximate surface area is 117 Å². The molecule has 0 amide bonds. The van der Waals surface area contributed by atoms with Crippen LogP contribution in [-0.4, -0.2) is 41.9 Å².